The van der Waals surface area contributed by atoms with Crippen molar-refractivity contribution in [3.05, 3.63) is 41.7 Å². The molecule has 0 saturated carbocycles. The number of nitrogens with one attached hydrogen (secondary N) is 1. The molecular weight excluding hydrogens is 280 g/mol. The number of hydrogen-bond donors (Lipinski definition) is 2. The average Bonchev–Trinajstić information content (AvgIpc) is 2.77. The van der Waals surface area contributed by atoms with Gasteiger partial charge in [-0.3, -0.25) is 9.48 Å². The number of amides is 1. The first-order chi connectivity index (χ1) is 9.27. The van der Waals surface area contributed by atoms with Crippen LogP contribution in [0.4, 0.5) is 5.69 Å². The van der Waals surface area contributed by atoms with Crippen LogP contribution in [-0.2, 0) is 17.1 Å². The minimum atomic E-state index is -3.81. The van der Waals surface area contributed by atoms with Gasteiger partial charge in [-0.05, 0) is 24.6 Å². The van der Waals surface area contributed by atoms with E-state index < -0.39 is 10.0 Å². The lowest BCUT2D eigenvalue weighted by atomic mass is 10.2. The molecule has 0 bridgehead atoms. The third kappa shape index (κ3) is 3.03. The number of hydrogen-bond acceptors (Lipinski definition) is 4. The third-order valence-corrected chi connectivity index (χ3v) is 3.66. The Hall–Kier alpha value is -2.19. The van der Waals surface area contributed by atoms with Gasteiger partial charge in [0, 0.05) is 18.9 Å². The van der Waals surface area contributed by atoms with Gasteiger partial charge in [-0.1, -0.05) is 6.07 Å². The van der Waals surface area contributed by atoms with E-state index in [1.807, 2.05) is 0 Å². The molecule has 0 spiro atoms. The number of carbonyl (C=O) groups excluding carboxylic acids is 1. The standard InChI is InChI=1S/C12H14N4O3S/c1-8-3-4-10(20(13,18)19)5-11(8)15-12(17)9-6-14-16(2)7-9/h3-7H,1-2H3,(H,15,17)(H2,13,18,19). The van der Waals surface area contributed by atoms with E-state index in [0.717, 1.165) is 5.56 Å². The number of nitrogens with two attached hydrogens (primary N) is 1. The monoisotopic (exact) mass is 294 g/mol. The van der Waals surface area contributed by atoms with Gasteiger partial charge in [-0.25, -0.2) is 13.6 Å². The number of nitrogens with zero attached hydrogens (tertiary/aromatic N) is 2. The molecule has 20 heavy (non-hydrogen) atoms. The van der Waals surface area contributed by atoms with Crippen molar-refractivity contribution in [2.75, 3.05) is 5.32 Å². The van der Waals surface area contributed by atoms with Crippen LogP contribution in [0, 0.1) is 6.92 Å². The molecular formula is C12H14N4O3S. The highest BCUT2D eigenvalue weighted by Crippen LogP contribution is 2.20. The Bertz CT molecular complexity index is 765. The van der Waals surface area contributed by atoms with E-state index in [9.17, 15) is 13.2 Å². The molecule has 1 amide bonds. The second-order valence-corrected chi connectivity index (χ2v) is 5.94. The van der Waals surface area contributed by atoms with E-state index in [2.05, 4.69) is 10.4 Å². The number of aryl methyl sites for hydroxylation is 2. The molecule has 1 aromatic carbocycles. The Balaban J connectivity index is 2.31. The van der Waals surface area contributed by atoms with Crippen molar-refractivity contribution >= 4 is 21.6 Å². The minimum absolute atomic E-state index is 0.0513. The van der Waals surface area contributed by atoms with Gasteiger partial charge in [-0.15, -0.1) is 0 Å². The van der Waals surface area contributed by atoms with Crippen molar-refractivity contribution in [2.24, 2.45) is 12.2 Å². The first kappa shape index (κ1) is 14.2. The van der Waals surface area contributed by atoms with Crippen LogP contribution in [0.5, 0.6) is 0 Å². The summed E-state index contributed by atoms with van der Waals surface area (Å²) >= 11 is 0. The van der Waals surface area contributed by atoms with Gasteiger partial charge in [0.15, 0.2) is 0 Å². The third-order valence-electron chi connectivity index (χ3n) is 2.75. The van der Waals surface area contributed by atoms with E-state index in [-0.39, 0.29) is 10.8 Å². The minimum Gasteiger partial charge on any atom is -0.322 e. The number of anilines is 1. The Morgan fingerprint density at radius 1 is 1.40 bits per heavy atom. The quantitative estimate of drug-likeness (QED) is 0.865. The molecule has 0 saturated heterocycles. The Labute approximate surface area is 116 Å². The lowest BCUT2D eigenvalue weighted by Crippen LogP contribution is -2.15. The highest BCUT2D eigenvalue weighted by Gasteiger charge is 2.13. The fraction of sp³-hybridized carbons (Fsp3) is 0.167. The van der Waals surface area contributed by atoms with Crippen molar-refractivity contribution < 1.29 is 13.2 Å². The smallest absolute Gasteiger partial charge is 0.258 e. The zero-order valence-electron chi connectivity index (χ0n) is 11.0. The predicted octanol–water partition coefficient (Wildman–Crippen LogP) is 0.628. The second-order valence-electron chi connectivity index (χ2n) is 4.38. The SMILES string of the molecule is Cc1ccc(S(N)(=O)=O)cc1NC(=O)c1cnn(C)c1. The van der Waals surface area contributed by atoms with Crippen molar-refractivity contribution in [1.29, 1.82) is 0 Å². The van der Waals surface area contributed by atoms with E-state index in [4.69, 9.17) is 5.14 Å². The fourth-order valence-corrected chi connectivity index (χ4v) is 2.19. The summed E-state index contributed by atoms with van der Waals surface area (Å²) < 4.78 is 24.1. The number of benzene rings is 1. The van der Waals surface area contributed by atoms with Crippen molar-refractivity contribution in [2.45, 2.75) is 11.8 Å². The lowest BCUT2D eigenvalue weighted by Gasteiger charge is -2.09. The van der Waals surface area contributed by atoms with Crippen LogP contribution in [-0.4, -0.2) is 24.1 Å². The molecule has 0 aliphatic carbocycles. The first-order valence-electron chi connectivity index (χ1n) is 5.71. The van der Waals surface area contributed by atoms with Gasteiger partial charge in [-0.2, -0.15) is 5.10 Å². The molecule has 7 nitrogen and oxygen atoms in total. The number of primary sulfonamides is 1. The van der Waals surface area contributed by atoms with Crippen LogP contribution in [0.15, 0.2) is 35.5 Å². The molecule has 0 unspecified atom stereocenters. The highest BCUT2D eigenvalue weighted by atomic mass is 32.2. The molecule has 106 valence electrons. The van der Waals surface area contributed by atoms with Gasteiger partial charge >= 0.3 is 0 Å². The summed E-state index contributed by atoms with van der Waals surface area (Å²) in [5.74, 6) is -0.368. The van der Waals surface area contributed by atoms with E-state index in [1.165, 1.54) is 23.0 Å². The predicted molar refractivity (Wildman–Crippen MR) is 73.7 cm³/mol. The Morgan fingerprint density at radius 3 is 2.65 bits per heavy atom. The summed E-state index contributed by atoms with van der Waals surface area (Å²) in [6, 6.07) is 4.31. The summed E-state index contributed by atoms with van der Waals surface area (Å²) in [5.41, 5.74) is 1.51. The molecule has 8 heteroatoms. The van der Waals surface area contributed by atoms with Crippen molar-refractivity contribution in [3.63, 3.8) is 0 Å². The normalized spacial score (nSPS) is 11.3. The Morgan fingerprint density at radius 2 is 2.10 bits per heavy atom. The number of rotatable bonds is 3. The van der Waals surface area contributed by atoms with Gasteiger partial charge in [0.2, 0.25) is 10.0 Å². The maximum atomic E-state index is 12.0. The fourth-order valence-electron chi connectivity index (χ4n) is 1.65. The summed E-state index contributed by atoms with van der Waals surface area (Å²) in [6.45, 7) is 1.76. The molecule has 0 atom stereocenters. The number of carbonyl (C=O) groups is 1. The van der Waals surface area contributed by atoms with Crippen LogP contribution in [0.3, 0.4) is 0 Å². The molecule has 0 radical (unpaired) electrons. The molecule has 2 rings (SSSR count). The zero-order valence-corrected chi connectivity index (χ0v) is 11.8. The molecule has 3 N–H and O–H groups in total. The maximum Gasteiger partial charge on any atom is 0.258 e. The van der Waals surface area contributed by atoms with Gasteiger partial charge in [0.1, 0.15) is 0 Å². The largest absolute Gasteiger partial charge is 0.322 e. The number of sulfonamides is 1. The van der Waals surface area contributed by atoms with E-state index >= 15 is 0 Å². The lowest BCUT2D eigenvalue weighted by molar-refractivity contribution is 0.102. The molecule has 1 heterocycles. The average molecular weight is 294 g/mol. The summed E-state index contributed by atoms with van der Waals surface area (Å²) in [6.07, 6.45) is 2.99. The van der Waals surface area contributed by atoms with E-state index in [1.54, 1.807) is 26.2 Å². The van der Waals surface area contributed by atoms with Crippen LogP contribution >= 0.6 is 0 Å². The van der Waals surface area contributed by atoms with Crippen LogP contribution < -0.4 is 10.5 Å². The zero-order chi connectivity index (χ0) is 14.9. The van der Waals surface area contributed by atoms with Gasteiger partial charge in [0.05, 0.1) is 16.7 Å². The summed E-state index contributed by atoms with van der Waals surface area (Å²) in [7, 11) is -2.11. The van der Waals surface area contributed by atoms with Gasteiger partial charge in [0.25, 0.3) is 5.91 Å². The van der Waals surface area contributed by atoms with E-state index in [0.29, 0.717) is 11.3 Å². The molecule has 0 aliphatic heterocycles. The highest BCUT2D eigenvalue weighted by molar-refractivity contribution is 7.89. The molecule has 0 fully saturated rings. The van der Waals surface area contributed by atoms with Crippen molar-refractivity contribution in [1.82, 2.24) is 9.78 Å². The maximum absolute atomic E-state index is 12.0. The Kier molecular flexibility index (Phi) is 3.60. The van der Waals surface area contributed by atoms with Crippen LogP contribution in [0.2, 0.25) is 0 Å². The number of aromatic nitrogens is 2. The second kappa shape index (κ2) is 5.06. The van der Waals surface area contributed by atoms with Crippen LogP contribution in [0.1, 0.15) is 15.9 Å². The van der Waals surface area contributed by atoms with Gasteiger partial charge < -0.3 is 5.32 Å². The topological polar surface area (TPSA) is 107 Å². The molecule has 2 aromatic rings. The molecule has 1 aromatic heterocycles. The summed E-state index contributed by atoms with van der Waals surface area (Å²) in [4.78, 5) is 11.9. The first-order valence-corrected chi connectivity index (χ1v) is 7.25. The van der Waals surface area contributed by atoms with Crippen molar-refractivity contribution in [3.8, 4) is 0 Å². The molecule has 0 aliphatic rings. The summed E-state index contributed by atoms with van der Waals surface area (Å²) in [5, 5.41) is 11.6. The van der Waals surface area contributed by atoms with Crippen LogP contribution in [0.25, 0.3) is 0 Å².